The third kappa shape index (κ3) is 4.28. The quantitative estimate of drug-likeness (QED) is 0.350. The molecule has 1 N–H and O–H groups in total. The van der Waals surface area contributed by atoms with Crippen LogP contribution in [0.5, 0.6) is 5.75 Å². The summed E-state index contributed by atoms with van der Waals surface area (Å²) in [5.74, 6) is -0.327. The zero-order chi connectivity index (χ0) is 24.3. The molecule has 1 unspecified atom stereocenters. The van der Waals surface area contributed by atoms with E-state index in [1.807, 2.05) is 30.3 Å². The van der Waals surface area contributed by atoms with E-state index in [-0.39, 0.29) is 18.9 Å². The number of thioether (sulfide) groups is 1. The van der Waals surface area contributed by atoms with Crippen molar-refractivity contribution in [1.29, 1.82) is 0 Å². The van der Waals surface area contributed by atoms with Crippen LogP contribution in [-0.4, -0.2) is 59.8 Å². The summed E-state index contributed by atoms with van der Waals surface area (Å²) < 4.78 is 16.3. The van der Waals surface area contributed by atoms with Crippen LogP contribution in [0.15, 0.2) is 66.7 Å². The van der Waals surface area contributed by atoms with Gasteiger partial charge in [0.25, 0.3) is 11.6 Å². The van der Waals surface area contributed by atoms with E-state index in [2.05, 4.69) is 11.9 Å². The monoisotopic (exact) mass is 482 g/mol. The fourth-order valence-corrected chi connectivity index (χ4v) is 5.45. The molecule has 0 radical (unpaired) electrons. The van der Waals surface area contributed by atoms with Gasteiger partial charge in [-0.1, -0.05) is 49.0 Å². The number of nitrogens with one attached hydrogen (secondary N) is 1. The summed E-state index contributed by atoms with van der Waals surface area (Å²) in [6.07, 6.45) is 0.161. The van der Waals surface area contributed by atoms with Crippen molar-refractivity contribution in [2.75, 3.05) is 20.0 Å². The minimum Gasteiger partial charge on any atom is -0.497 e. The van der Waals surface area contributed by atoms with Crippen molar-refractivity contribution in [2.24, 2.45) is 0 Å². The summed E-state index contributed by atoms with van der Waals surface area (Å²) in [7, 11) is 2.92. The highest BCUT2D eigenvalue weighted by atomic mass is 32.2. The van der Waals surface area contributed by atoms with Crippen LogP contribution in [0.2, 0.25) is 0 Å². The van der Waals surface area contributed by atoms with Crippen LogP contribution in [-0.2, 0) is 36.9 Å². The predicted molar refractivity (Wildman–Crippen MR) is 127 cm³/mol. The van der Waals surface area contributed by atoms with Crippen molar-refractivity contribution < 1.29 is 28.6 Å². The molecule has 0 saturated carbocycles. The number of β-lactam (4-membered cyclic amide) rings is 1. The topological polar surface area (TPSA) is 94.2 Å². The molecule has 8 nitrogen and oxygen atoms in total. The van der Waals surface area contributed by atoms with E-state index < -0.39 is 29.0 Å². The maximum Gasteiger partial charge on any atom is 0.365 e. The number of rotatable bonds is 8. The van der Waals surface area contributed by atoms with Crippen LogP contribution < -0.4 is 10.1 Å². The lowest BCUT2D eigenvalue weighted by Gasteiger charge is -2.57. The summed E-state index contributed by atoms with van der Waals surface area (Å²) in [6, 6.07) is 15.6. The van der Waals surface area contributed by atoms with Crippen LogP contribution >= 0.6 is 11.8 Å². The van der Waals surface area contributed by atoms with Crippen molar-refractivity contribution >= 4 is 29.5 Å². The fourth-order valence-electron chi connectivity index (χ4n) is 4.10. The van der Waals surface area contributed by atoms with Gasteiger partial charge < -0.3 is 19.5 Å². The lowest BCUT2D eigenvalue weighted by atomic mass is 9.94. The van der Waals surface area contributed by atoms with Crippen molar-refractivity contribution in [2.45, 2.75) is 30.2 Å². The van der Waals surface area contributed by atoms with Gasteiger partial charge in [-0.25, -0.2) is 4.79 Å². The average molecular weight is 483 g/mol. The summed E-state index contributed by atoms with van der Waals surface area (Å²) >= 11 is 1.42. The number of esters is 1. The SMILES string of the molecule is C=C1CS[C@@H]2[C@H](NC(=O)Cc3ccccc3)C(=O)N2C1(OC)C(=O)OCc1ccc(OC)cc1. The molecule has 2 saturated heterocycles. The Bertz CT molecular complexity index is 1090. The van der Waals surface area contributed by atoms with E-state index >= 15 is 0 Å². The van der Waals surface area contributed by atoms with E-state index in [4.69, 9.17) is 14.2 Å². The van der Waals surface area contributed by atoms with Gasteiger partial charge in [-0.15, -0.1) is 11.8 Å². The molecule has 0 spiro atoms. The Hall–Kier alpha value is -3.30. The molecule has 2 aromatic rings. The summed E-state index contributed by atoms with van der Waals surface area (Å²) in [5, 5.41) is 2.33. The van der Waals surface area contributed by atoms with Gasteiger partial charge in [0, 0.05) is 12.9 Å². The molecule has 3 atom stereocenters. The first-order chi connectivity index (χ1) is 16.4. The smallest absolute Gasteiger partial charge is 0.365 e. The molecule has 0 aromatic heterocycles. The predicted octanol–water partition coefficient (Wildman–Crippen LogP) is 2.28. The molecule has 2 fully saturated rings. The van der Waals surface area contributed by atoms with Crippen LogP contribution in [0.1, 0.15) is 11.1 Å². The highest BCUT2D eigenvalue weighted by molar-refractivity contribution is 8.00. The molecule has 2 heterocycles. The second-order valence-corrected chi connectivity index (χ2v) is 9.10. The van der Waals surface area contributed by atoms with Gasteiger partial charge in [-0.2, -0.15) is 0 Å². The van der Waals surface area contributed by atoms with Gasteiger partial charge in [0.05, 0.1) is 13.5 Å². The fraction of sp³-hybridized carbons (Fsp3) is 0.320. The Labute approximate surface area is 202 Å². The van der Waals surface area contributed by atoms with Crippen LogP contribution in [0.25, 0.3) is 0 Å². The van der Waals surface area contributed by atoms with Gasteiger partial charge >= 0.3 is 5.97 Å². The third-order valence-corrected chi connectivity index (χ3v) is 7.25. The normalized spacial score (nSPS) is 23.5. The Kier molecular flexibility index (Phi) is 6.95. The number of methoxy groups -OCH3 is 2. The van der Waals surface area contributed by atoms with Crippen molar-refractivity contribution in [3.05, 3.63) is 77.9 Å². The number of carbonyl (C=O) groups excluding carboxylic acids is 3. The number of fused-ring (bicyclic) bond motifs is 1. The molecular weight excluding hydrogens is 456 g/mol. The molecule has 0 bridgehead atoms. The maximum absolute atomic E-state index is 13.2. The summed E-state index contributed by atoms with van der Waals surface area (Å²) in [5.41, 5.74) is 0.286. The molecule has 4 rings (SSSR count). The number of hydrogen-bond acceptors (Lipinski definition) is 7. The standard InChI is InChI=1S/C25H26N2O6S/c1-16-15-34-23-21(26-20(28)13-17-7-5-4-6-8-17)22(29)27(23)25(16,32-3)24(30)33-14-18-9-11-19(31-2)12-10-18/h4-12,21,23H,1,13-15H2,2-3H3,(H,26,28)/t21-,23-,25?/m1/s1. The van der Waals surface area contributed by atoms with E-state index in [1.54, 1.807) is 31.4 Å². The van der Waals surface area contributed by atoms with Gasteiger partial charge in [-0.3, -0.25) is 14.5 Å². The van der Waals surface area contributed by atoms with Crippen LogP contribution in [0.3, 0.4) is 0 Å². The highest BCUT2D eigenvalue weighted by Crippen LogP contribution is 2.46. The maximum atomic E-state index is 13.2. The largest absolute Gasteiger partial charge is 0.497 e. The van der Waals surface area contributed by atoms with Crippen LogP contribution in [0.4, 0.5) is 0 Å². The number of benzene rings is 2. The molecule has 9 heteroatoms. The molecule has 178 valence electrons. The Morgan fingerprint density at radius 1 is 1.12 bits per heavy atom. The molecule has 34 heavy (non-hydrogen) atoms. The molecule has 2 aromatic carbocycles. The average Bonchev–Trinajstić information content (AvgIpc) is 2.86. The highest BCUT2D eigenvalue weighted by Gasteiger charge is 2.65. The lowest BCUT2D eigenvalue weighted by molar-refractivity contribution is -0.207. The van der Waals surface area contributed by atoms with Gasteiger partial charge in [0.15, 0.2) is 0 Å². The second-order valence-electron chi connectivity index (χ2n) is 7.99. The number of hydrogen-bond donors (Lipinski definition) is 1. The van der Waals surface area contributed by atoms with Crippen molar-refractivity contribution in [3.63, 3.8) is 0 Å². The van der Waals surface area contributed by atoms with Gasteiger partial charge in [-0.05, 0) is 28.8 Å². The second kappa shape index (κ2) is 9.90. The van der Waals surface area contributed by atoms with Crippen molar-refractivity contribution in [3.8, 4) is 5.75 Å². The molecule has 2 aliphatic heterocycles. The first kappa shape index (κ1) is 23.8. The van der Waals surface area contributed by atoms with E-state index in [1.165, 1.54) is 23.8 Å². The minimum atomic E-state index is -1.74. The Morgan fingerprint density at radius 2 is 1.82 bits per heavy atom. The summed E-state index contributed by atoms with van der Waals surface area (Å²) in [4.78, 5) is 40.2. The number of nitrogens with zero attached hydrogens (tertiary/aromatic N) is 1. The zero-order valence-electron chi connectivity index (χ0n) is 19.0. The molecule has 2 amide bonds. The Morgan fingerprint density at radius 3 is 2.47 bits per heavy atom. The van der Waals surface area contributed by atoms with E-state index in [0.29, 0.717) is 17.1 Å². The number of ether oxygens (including phenoxy) is 3. The van der Waals surface area contributed by atoms with Crippen LogP contribution in [0, 0.1) is 0 Å². The number of carbonyl (C=O) groups is 3. The summed E-state index contributed by atoms with van der Waals surface area (Å²) in [6.45, 7) is 3.99. The van der Waals surface area contributed by atoms with Gasteiger partial charge in [0.2, 0.25) is 5.91 Å². The molecule has 2 aliphatic rings. The molecular formula is C25H26N2O6S. The van der Waals surface area contributed by atoms with Crippen molar-refractivity contribution in [1.82, 2.24) is 10.2 Å². The first-order valence-electron chi connectivity index (χ1n) is 10.7. The third-order valence-electron chi connectivity index (χ3n) is 5.91. The molecule has 0 aliphatic carbocycles. The van der Waals surface area contributed by atoms with E-state index in [9.17, 15) is 14.4 Å². The Balaban J connectivity index is 1.45. The number of amides is 2. The van der Waals surface area contributed by atoms with Gasteiger partial charge in [0.1, 0.15) is 23.8 Å². The zero-order valence-corrected chi connectivity index (χ0v) is 19.8. The van der Waals surface area contributed by atoms with E-state index in [0.717, 1.165) is 11.1 Å². The minimum absolute atomic E-state index is 0.00169. The lowest BCUT2D eigenvalue weighted by Crippen LogP contribution is -2.79. The first-order valence-corrected chi connectivity index (χ1v) is 11.8.